The minimum atomic E-state index is 0.281. The highest BCUT2D eigenvalue weighted by Gasteiger charge is 2.35. The zero-order chi connectivity index (χ0) is 14.5. The molecule has 2 rings (SSSR count). The number of piperidine rings is 1. The van der Waals surface area contributed by atoms with Gasteiger partial charge in [-0.1, -0.05) is 13.3 Å². The topological polar surface area (TPSA) is 30.3 Å². The van der Waals surface area contributed by atoms with E-state index in [0.29, 0.717) is 6.04 Å². The van der Waals surface area contributed by atoms with E-state index >= 15 is 0 Å². The Bertz CT molecular complexity index is 326. The minimum absolute atomic E-state index is 0.281. The number of hydrogen-bond donors (Lipinski definition) is 0. The van der Waals surface area contributed by atoms with Gasteiger partial charge in [0.15, 0.2) is 0 Å². The Morgan fingerprint density at radius 2 is 1.80 bits per heavy atom. The predicted octanol–water partition coefficient (Wildman–Crippen LogP) is 2.98. The van der Waals surface area contributed by atoms with Crippen molar-refractivity contribution in [3.05, 3.63) is 0 Å². The van der Waals surface area contributed by atoms with Crippen LogP contribution >= 0.6 is 0 Å². The molecule has 3 unspecified atom stereocenters. The molecule has 1 saturated carbocycles. The van der Waals surface area contributed by atoms with E-state index < -0.39 is 0 Å². The van der Waals surface area contributed by atoms with Crippen LogP contribution in [0.5, 0.6) is 0 Å². The van der Waals surface area contributed by atoms with Gasteiger partial charge < -0.3 is 4.90 Å². The van der Waals surface area contributed by atoms with E-state index in [1.54, 1.807) is 0 Å². The van der Waals surface area contributed by atoms with Crippen LogP contribution < -0.4 is 0 Å². The van der Waals surface area contributed by atoms with Gasteiger partial charge in [-0.25, -0.2) is 0 Å². The molecule has 1 heterocycles. The summed E-state index contributed by atoms with van der Waals surface area (Å²) in [5.74, 6) is 1.99. The summed E-state index contributed by atoms with van der Waals surface area (Å²) in [6.45, 7) is 5.94. The summed E-state index contributed by atoms with van der Waals surface area (Å²) >= 11 is 0. The third-order valence-electron chi connectivity index (χ3n) is 5.41. The Kier molecular flexibility index (Phi) is 5.86. The number of nitriles is 1. The Morgan fingerprint density at radius 3 is 2.35 bits per heavy atom. The second-order valence-corrected chi connectivity index (χ2v) is 7.13. The maximum Gasteiger partial charge on any atom is 0.0672 e. The lowest BCUT2D eigenvalue weighted by Gasteiger charge is -2.43. The fraction of sp³-hybridized carbons (Fsp3) is 0.941. The van der Waals surface area contributed by atoms with Crippen LogP contribution in [0.2, 0.25) is 0 Å². The average molecular weight is 277 g/mol. The van der Waals surface area contributed by atoms with Gasteiger partial charge in [-0.3, -0.25) is 4.90 Å². The minimum Gasteiger partial charge on any atom is -0.309 e. The Labute approximate surface area is 124 Å². The first-order valence-electron chi connectivity index (χ1n) is 8.42. The molecule has 0 N–H and O–H groups in total. The molecular formula is C17H31N3. The van der Waals surface area contributed by atoms with Gasteiger partial charge in [-0.2, -0.15) is 5.26 Å². The van der Waals surface area contributed by atoms with Crippen LogP contribution in [-0.2, 0) is 0 Å². The SMILES string of the molecule is CCC1CCC(C#N)C(N2CCC(CN(C)C)CC2)C1. The van der Waals surface area contributed by atoms with Crippen LogP contribution in [0.4, 0.5) is 0 Å². The lowest BCUT2D eigenvalue weighted by molar-refractivity contribution is 0.0618. The van der Waals surface area contributed by atoms with Crippen LogP contribution in [0.3, 0.4) is 0 Å². The second kappa shape index (κ2) is 7.43. The maximum absolute atomic E-state index is 9.44. The molecule has 1 aliphatic carbocycles. The fourth-order valence-corrected chi connectivity index (χ4v) is 4.14. The third kappa shape index (κ3) is 3.96. The van der Waals surface area contributed by atoms with Crippen LogP contribution in [0.15, 0.2) is 0 Å². The van der Waals surface area contributed by atoms with Crippen molar-refractivity contribution in [2.24, 2.45) is 17.8 Å². The van der Waals surface area contributed by atoms with Crippen LogP contribution in [0.25, 0.3) is 0 Å². The summed E-state index contributed by atoms with van der Waals surface area (Å²) < 4.78 is 0. The molecule has 3 heteroatoms. The maximum atomic E-state index is 9.44. The average Bonchev–Trinajstić information content (AvgIpc) is 2.46. The van der Waals surface area contributed by atoms with E-state index in [1.807, 2.05) is 0 Å². The lowest BCUT2D eigenvalue weighted by atomic mass is 9.76. The van der Waals surface area contributed by atoms with Crippen molar-refractivity contribution < 1.29 is 0 Å². The van der Waals surface area contributed by atoms with Crippen molar-refractivity contribution in [2.75, 3.05) is 33.7 Å². The van der Waals surface area contributed by atoms with Crippen molar-refractivity contribution in [3.63, 3.8) is 0 Å². The summed E-state index contributed by atoms with van der Waals surface area (Å²) in [6, 6.07) is 3.13. The van der Waals surface area contributed by atoms with E-state index in [2.05, 4.69) is 36.9 Å². The molecular weight excluding hydrogens is 246 g/mol. The standard InChI is InChI=1S/C17H31N3/c1-4-14-5-6-16(12-18)17(11-14)20-9-7-15(8-10-20)13-19(2)3/h14-17H,4-11,13H2,1-3H3. The number of likely N-dealkylation sites (tertiary alicyclic amines) is 1. The Morgan fingerprint density at radius 1 is 1.10 bits per heavy atom. The van der Waals surface area contributed by atoms with Crippen LogP contribution in [0.1, 0.15) is 45.4 Å². The summed E-state index contributed by atoms with van der Waals surface area (Å²) in [5, 5.41) is 9.44. The van der Waals surface area contributed by atoms with Gasteiger partial charge in [0, 0.05) is 12.6 Å². The second-order valence-electron chi connectivity index (χ2n) is 7.13. The molecule has 0 amide bonds. The van der Waals surface area contributed by atoms with Crippen LogP contribution in [-0.4, -0.2) is 49.6 Å². The summed E-state index contributed by atoms with van der Waals surface area (Å²) in [7, 11) is 4.34. The quantitative estimate of drug-likeness (QED) is 0.791. The van der Waals surface area contributed by atoms with Gasteiger partial charge in [0.2, 0.25) is 0 Å². The van der Waals surface area contributed by atoms with Crippen molar-refractivity contribution in [2.45, 2.75) is 51.5 Å². The van der Waals surface area contributed by atoms with Crippen LogP contribution in [0, 0.1) is 29.1 Å². The van der Waals surface area contributed by atoms with Crippen molar-refractivity contribution in [1.82, 2.24) is 9.80 Å². The van der Waals surface area contributed by atoms with Gasteiger partial charge in [0.05, 0.1) is 12.0 Å². The highest BCUT2D eigenvalue weighted by molar-refractivity contribution is 4.98. The predicted molar refractivity (Wildman–Crippen MR) is 83.4 cm³/mol. The molecule has 20 heavy (non-hydrogen) atoms. The zero-order valence-corrected chi connectivity index (χ0v) is 13.5. The molecule has 2 aliphatic rings. The lowest BCUT2D eigenvalue weighted by Crippen LogP contribution is -2.48. The van der Waals surface area contributed by atoms with Gasteiger partial charge >= 0.3 is 0 Å². The van der Waals surface area contributed by atoms with Crippen molar-refractivity contribution >= 4 is 0 Å². The molecule has 0 bridgehead atoms. The molecule has 3 atom stereocenters. The monoisotopic (exact) mass is 277 g/mol. The first kappa shape index (κ1) is 15.8. The van der Waals surface area contributed by atoms with Gasteiger partial charge in [-0.05, 0) is 71.1 Å². The molecule has 0 spiro atoms. The highest BCUT2D eigenvalue weighted by Crippen LogP contribution is 2.35. The van der Waals surface area contributed by atoms with Crippen molar-refractivity contribution in [3.8, 4) is 6.07 Å². The summed E-state index contributed by atoms with van der Waals surface area (Å²) in [4.78, 5) is 4.95. The van der Waals surface area contributed by atoms with E-state index in [0.717, 1.165) is 18.3 Å². The molecule has 0 aromatic carbocycles. The molecule has 0 aromatic rings. The number of hydrogen-bond acceptors (Lipinski definition) is 3. The van der Waals surface area contributed by atoms with Crippen molar-refractivity contribution in [1.29, 1.82) is 5.26 Å². The third-order valence-corrected chi connectivity index (χ3v) is 5.41. The van der Waals surface area contributed by atoms with E-state index in [-0.39, 0.29) is 5.92 Å². The summed E-state index contributed by atoms with van der Waals surface area (Å²) in [5.41, 5.74) is 0. The Hall–Kier alpha value is -0.590. The molecule has 0 radical (unpaired) electrons. The molecule has 3 nitrogen and oxygen atoms in total. The van der Waals surface area contributed by atoms with E-state index in [4.69, 9.17) is 0 Å². The molecule has 1 saturated heterocycles. The molecule has 1 aliphatic heterocycles. The fourth-order valence-electron chi connectivity index (χ4n) is 4.14. The largest absolute Gasteiger partial charge is 0.309 e. The number of rotatable bonds is 4. The van der Waals surface area contributed by atoms with Gasteiger partial charge in [-0.15, -0.1) is 0 Å². The van der Waals surface area contributed by atoms with E-state index in [1.165, 1.54) is 51.7 Å². The van der Waals surface area contributed by atoms with Gasteiger partial charge in [0.1, 0.15) is 0 Å². The first-order chi connectivity index (χ1) is 9.63. The highest BCUT2D eigenvalue weighted by atomic mass is 15.2. The van der Waals surface area contributed by atoms with Gasteiger partial charge in [0.25, 0.3) is 0 Å². The molecule has 114 valence electrons. The number of nitrogens with zero attached hydrogens (tertiary/aromatic N) is 3. The Balaban J connectivity index is 1.88. The van der Waals surface area contributed by atoms with E-state index in [9.17, 15) is 5.26 Å². The molecule has 2 fully saturated rings. The smallest absolute Gasteiger partial charge is 0.0672 e. The first-order valence-corrected chi connectivity index (χ1v) is 8.42. The summed E-state index contributed by atoms with van der Waals surface area (Å²) in [6.07, 6.45) is 7.55. The normalized spacial score (nSPS) is 33.2. The zero-order valence-electron chi connectivity index (χ0n) is 13.5. The molecule has 0 aromatic heterocycles.